The fraction of sp³-hybridized carbons (Fsp3) is 0. The molecule has 0 aliphatic rings. The van der Waals surface area contributed by atoms with Crippen LogP contribution in [0.25, 0.3) is 21.7 Å². The van der Waals surface area contributed by atoms with Crippen LogP contribution in [0, 0.1) is 0 Å². The average Bonchev–Trinajstić information content (AvgIpc) is 3.02. The van der Waals surface area contributed by atoms with Crippen molar-refractivity contribution in [2.45, 2.75) is 0 Å². The number of rotatable bonds is 3. The largest absolute Gasteiger partial charge is 0.364 e. The van der Waals surface area contributed by atoms with Crippen molar-refractivity contribution in [3.05, 3.63) is 78.0 Å². The standard InChI is InChI=1S/C21H16N4O3/c22-19(26)18-17(15-9-3-4-11-16(15)25(18)21(23)28)24-20(27)14-10-5-7-12-6-1-2-8-13(12)14/h1-11H,(H2,22,26)(H2,23,28)(H,24,27). The summed E-state index contributed by atoms with van der Waals surface area (Å²) in [5.41, 5.74) is 11.8. The highest BCUT2D eigenvalue weighted by Crippen LogP contribution is 2.31. The average molecular weight is 372 g/mol. The molecule has 3 aromatic carbocycles. The molecule has 0 atom stereocenters. The van der Waals surface area contributed by atoms with E-state index in [9.17, 15) is 14.4 Å². The fourth-order valence-electron chi connectivity index (χ4n) is 3.43. The van der Waals surface area contributed by atoms with Crippen molar-refractivity contribution in [1.82, 2.24) is 4.57 Å². The predicted molar refractivity (Wildman–Crippen MR) is 107 cm³/mol. The second kappa shape index (κ2) is 6.55. The van der Waals surface area contributed by atoms with Gasteiger partial charge in [-0.25, -0.2) is 4.79 Å². The molecule has 0 saturated carbocycles. The molecule has 4 aromatic rings. The van der Waals surface area contributed by atoms with E-state index in [-0.39, 0.29) is 11.4 Å². The molecule has 1 heterocycles. The first-order valence-electron chi connectivity index (χ1n) is 8.51. The van der Waals surface area contributed by atoms with Gasteiger partial charge in [0, 0.05) is 10.9 Å². The lowest BCUT2D eigenvalue weighted by molar-refractivity contribution is 0.0994. The van der Waals surface area contributed by atoms with Gasteiger partial charge in [-0.3, -0.25) is 14.2 Å². The highest BCUT2D eigenvalue weighted by Gasteiger charge is 2.25. The molecule has 7 heteroatoms. The van der Waals surface area contributed by atoms with E-state index < -0.39 is 17.8 Å². The van der Waals surface area contributed by atoms with Crippen LogP contribution in [-0.2, 0) is 0 Å². The number of benzene rings is 3. The van der Waals surface area contributed by atoms with Gasteiger partial charge in [0.2, 0.25) is 0 Å². The molecule has 138 valence electrons. The van der Waals surface area contributed by atoms with Crippen LogP contribution in [0.5, 0.6) is 0 Å². The number of primary amides is 2. The number of amides is 3. The van der Waals surface area contributed by atoms with Gasteiger partial charge in [0.25, 0.3) is 11.8 Å². The predicted octanol–water partition coefficient (Wildman–Crippen LogP) is 3.07. The molecular formula is C21H16N4O3. The first-order valence-corrected chi connectivity index (χ1v) is 8.51. The highest BCUT2D eigenvalue weighted by atomic mass is 16.2. The number of carbonyl (C=O) groups is 3. The molecule has 0 spiro atoms. The second-order valence-electron chi connectivity index (χ2n) is 6.26. The Labute approximate surface area is 159 Å². The summed E-state index contributed by atoms with van der Waals surface area (Å²) in [4.78, 5) is 37.1. The van der Waals surface area contributed by atoms with Crippen LogP contribution < -0.4 is 16.8 Å². The van der Waals surface area contributed by atoms with Crippen LogP contribution in [0.1, 0.15) is 20.8 Å². The summed E-state index contributed by atoms with van der Waals surface area (Å²) in [6.45, 7) is 0. The molecule has 0 fully saturated rings. The zero-order valence-electron chi connectivity index (χ0n) is 14.7. The number of hydrogen-bond acceptors (Lipinski definition) is 3. The van der Waals surface area contributed by atoms with E-state index in [1.54, 1.807) is 36.4 Å². The molecule has 0 radical (unpaired) electrons. The Balaban J connectivity index is 1.90. The van der Waals surface area contributed by atoms with Crippen LogP contribution in [0.15, 0.2) is 66.7 Å². The monoisotopic (exact) mass is 372 g/mol. The number of anilines is 1. The van der Waals surface area contributed by atoms with Crippen LogP contribution >= 0.6 is 0 Å². The number of hydrogen-bond donors (Lipinski definition) is 3. The molecule has 7 nitrogen and oxygen atoms in total. The van der Waals surface area contributed by atoms with E-state index in [1.807, 2.05) is 30.3 Å². The number of nitrogens with zero attached hydrogens (tertiary/aromatic N) is 1. The molecule has 0 bridgehead atoms. The van der Waals surface area contributed by atoms with Crippen molar-refractivity contribution in [3.8, 4) is 0 Å². The number of para-hydroxylation sites is 1. The Morgan fingerprint density at radius 1 is 0.786 bits per heavy atom. The van der Waals surface area contributed by atoms with Gasteiger partial charge in [-0.05, 0) is 22.9 Å². The van der Waals surface area contributed by atoms with Crippen molar-refractivity contribution in [3.63, 3.8) is 0 Å². The van der Waals surface area contributed by atoms with Gasteiger partial charge in [-0.2, -0.15) is 0 Å². The quantitative estimate of drug-likeness (QED) is 0.512. The summed E-state index contributed by atoms with van der Waals surface area (Å²) in [5, 5.41) is 4.91. The first-order chi connectivity index (χ1) is 13.5. The maximum absolute atomic E-state index is 13.0. The second-order valence-corrected chi connectivity index (χ2v) is 6.26. The summed E-state index contributed by atoms with van der Waals surface area (Å²) < 4.78 is 1.01. The number of aromatic nitrogens is 1. The molecule has 0 aliphatic heterocycles. The molecule has 3 amide bonds. The minimum absolute atomic E-state index is 0.153. The number of nitrogens with one attached hydrogen (secondary N) is 1. The third kappa shape index (κ3) is 2.66. The lowest BCUT2D eigenvalue weighted by Gasteiger charge is -2.09. The minimum atomic E-state index is -0.872. The van der Waals surface area contributed by atoms with Gasteiger partial charge < -0.3 is 16.8 Å². The molecule has 0 unspecified atom stereocenters. The van der Waals surface area contributed by atoms with Gasteiger partial charge >= 0.3 is 6.03 Å². The molecule has 0 aliphatic carbocycles. The summed E-state index contributed by atoms with van der Waals surface area (Å²) >= 11 is 0. The van der Waals surface area contributed by atoms with Gasteiger partial charge in [0.15, 0.2) is 0 Å². The molecule has 0 saturated heterocycles. The van der Waals surface area contributed by atoms with Crippen molar-refractivity contribution in [2.75, 3.05) is 5.32 Å². The third-order valence-corrected chi connectivity index (χ3v) is 4.60. The van der Waals surface area contributed by atoms with Crippen LogP contribution in [0.2, 0.25) is 0 Å². The molecule has 4 rings (SSSR count). The van der Waals surface area contributed by atoms with Crippen LogP contribution in [0.4, 0.5) is 10.5 Å². The summed E-state index contributed by atoms with van der Waals surface area (Å²) in [6, 6.07) is 18.7. The smallest absolute Gasteiger partial charge is 0.324 e. The molecular weight excluding hydrogens is 356 g/mol. The summed E-state index contributed by atoms with van der Waals surface area (Å²) in [6.07, 6.45) is 0. The molecule has 5 N–H and O–H groups in total. The Morgan fingerprint density at radius 2 is 1.43 bits per heavy atom. The lowest BCUT2D eigenvalue weighted by Crippen LogP contribution is -2.27. The van der Waals surface area contributed by atoms with Gasteiger partial charge in [0.05, 0.1) is 11.2 Å². The zero-order valence-corrected chi connectivity index (χ0v) is 14.7. The fourth-order valence-corrected chi connectivity index (χ4v) is 3.43. The Kier molecular flexibility index (Phi) is 4.04. The molecule has 28 heavy (non-hydrogen) atoms. The number of carbonyl (C=O) groups excluding carboxylic acids is 3. The van der Waals surface area contributed by atoms with Gasteiger partial charge in [-0.1, -0.05) is 54.6 Å². The van der Waals surface area contributed by atoms with E-state index >= 15 is 0 Å². The van der Waals surface area contributed by atoms with E-state index in [1.165, 1.54) is 0 Å². The Bertz CT molecular complexity index is 1270. The Morgan fingerprint density at radius 3 is 2.14 bits per heavy atom. The lowest BCUT2D eigenvalue weighted by atomic mass is 10.0. The van der Waals surface area contributed by atoms with Crippen LogP contribution in [-0.4, -0.2) is 22.4 Å². The number of fused-ring (bicyclic) bond motifs is 2. The summed E-state index contributed by atoms with van der Waals surface area (Å²) in [5.74, 6) is -1.30. The van der Waals surface area contributed by atoms with Gasteiger partial charge in [0.1, 0.15) is 5.69 Å². The van der Waals surface area contributed by atoms with E-state index in [0.717, 1.165) is 15.3 Å². The zero-order chi connectivity index (χ0) is 19.8. The minimum Gasteiger partial charge on any atom is -0.364 e. The highest BCUT2D eigenvalue weighted by molar-refractivity contribution is 6.20. The van der Waals surface area contributed by atoms with E-state index in [0.29, 0.717) is 16.5 Å². The van der Waals surface area contributed by atoms with E-state index in [4.69, 9.17) is 11.5 Å². The number of nitrogens with two attached hydrogens (primary N) is 2. The normalized spacial score (nSPS) is 10.9. The van der Waals surface area contributed by atoms with Crippen LogP contribution in [0.3, 0.4) is 0 Å². The van der Waals surface area contributed by atoms with Crippen molar-refractivity contribution < 1.29 is 14.4 Å². The SMILES string of the molecule is NC(=O)c1c(NC(=O)c2cccc3ccccc23)c2ccccc2n1C(N)=O. The Hall–Kier alpha value is -4.13. The molecule has 1 aromatic heterocycles. The van der Waals surface area contributed by atoms with Crippen molar-refractivity contribution >= 4 is 45.2 Å². The topological polar surface area (TPSA) is 120 Å². The first kappa shape index (κ1) is 17.3. The van der Waals surface area contributed by atoms with Crippen molar-refractivity contribution in [1.29, 1.82) is 0 Å². The van der Waals surface area contributed by atoms with Gasteiger partial charge in [-0.15, -0.1) is 0 Å². The third-order valence-electron chi connectivity index (χ3n) is 4.60. The maximum atomic E-state index is 13.0. The maximum Gasteiger partial charge on any atom is 0.324 e. The van der Waals surface area contributed by atoms with Crippen molar-refractivity contribution in [2.24, 2.45) is 11.5 Å². The van der Waals surface area contributed by atoms with E-state index in [2.05, 4.69) is 5.32 Å². The summed E-state index contributed by atoms with van der Waals surface area (Å²) in [7, 11) is 0.